The first-order valence-electron chi connectivity index (χ1n) is 7.70. The van der Waals surface area contributed by atoms with Gasteiger partial charge in [-0.15, -0.1) is 11.3 Å². The molecule has 6 nitrogen and oxygen atoms in total. The number of carbonyl (C=O) groups is 1. The molecule has 0 aliphatic heterocycles. The van der Waals surface area contributed by atoms with Gasteiger partial charge >= 0.3 is 5.97 Å². The van der Waals surface area contributed by atoms with Crippen molar-refractivity contribution in [2.75, 3.05) is 12.4 Å². The second kappa shape index (κ2) is 8.17. The van der Waals surface area contributed by atoms with Crippen molar-refractivity contribution in [3.05, 3.63) is 51.6 Å². The van der Waals surface area contributed by atoms with Crippen LogP contribution in [0.3, 0.4) is 0 Å². The summed E-state index contributed by atoms with van der Waals surface area (Å²) in [6.07, 6.45) is 1.82. The van der Waals surface area contributed by atoms with Crippen molar-refractivity contribution in [1.29, 1.82) is 0 Å². The topological polar surface area (TPSA) is 92.3 Å². The number of nitrogens with one attached hydrogen (secondary N) is 1. The van der Waals surface area contributed by atoms with Crippen LogP contribution >= 0.6 is 23.1 Å². The number of aromatic nitrogens is 2. The fourth-order valence-electron chi connectivity index (χ4n) is 2.23. The van der Waals surface area contributed by atoms with Crippen LogP contribution in [0.25, 0.3) is 10.2 Å². The summed E-state index contributed by atoms with van der Waals surface area (Å²) in [6.45, 7) is 0.639. The molecule has 0 fully saturated rings. The number of aromatic carboxylic acids is 1. The van der Waals surface area contributed by atoms with Crippen LogP contribution in [0, 0.1) is 0 Å². The van der Waals surface area contributed by atoms with Gasteiger partial charge in [-0.2, -0.15) is 0 Å². The van der Waals surface area contributed by atoms with E-state index < -0.39 is 11.5 Å². The summed E-state index contributed by atoms with van der Waals surface area (Å²) in [6, 6.07) is 9.66. The number of carboxylic acids is 1. The van der Waals surface area contributed by atoms with Gasteiger partial charge < -0.3 is 14.8 Å². The average molecular weight is 376 g/mol. The van der Waals surface area contributed by atoms with E-state index in [0.717, 1.165) is 24.3 Å². The quantitative estimate of drug-likeness (QED) is 0.354. The van der Waals surface area contributed by atoms with E-state index in [-0.39, 0.29) is 10.9 Å². The molecule has 2 aromatic heterocycles. The Hall–Kier alpha value is -2.32. The molecule has 2 N–H and O–H groups in total. The summed E-state index contributed by atoms with van der Waals surface area (Å²) in [4.78, 5) is 30.6. The predicted octanol–water partition coefficient (Wildman–Crippen LogP) is 3.63. The largest absolute Gasteiger partial charge is 0.494 e. The molecule has 2 heterocycles. The molecule has 0 saturated heterocycles. The first-order chi connectivity index (χ1) is 12.1. The first kappa shape index (κ1) is 17.5. The number of hydrogen-bond acceptors (Lipinski definition) is 6. The molecule has 25 heavy (non-hydrogen) atoms. The predicted molar refractivity (Wildman–Crippen MR) is 99.1 cm³/mol. The molecule has 0 unspecified atom stereocenters. The molecular formula is C17H16N2O4S2. The Labute approximate surface area is 151 Å². The minimum absolute atomic E-state index is 0.00311. The fraction of sp³-hybridized carbons (Fsp3) is 0.235. The molecule has 8 heteroatoms. The van der Waals surface area contributed by atoms with Gasteiger partial charge in [0, 0.05) is 11.1 Å². The molecule has 0 amide bonds. The van der Waals surface area contributed by atoms with Gasteiger partial charge in [0.15, 0.2) is 5.16 Å². The van der Waals surface area contributed by atoms with Crippen molar-refractivity contribution in [1.82, 2.24) is 9.97 Å². The smallest absolute Gasteiger partial charge is 0.337 e. The maximum Gasteiger partial charge on any atom is 0.337 e. The van der Waals surface area contributed by atoms with Gasteiger partial charge in [0.2, 0.25) is 0 Å². The summed E-state index contributed by atoms with van der Waals surface area (Å²) in [5.74, 6) is 0.542. The number of carboxylic acid groups (broad SMARTS) is 1. The molecule has 3 rings (SSSR count). The van der Waals surface area contributed by atoms with Crippen LogP contribution in [0.1, 0.15) is 23.2 Å². The van der Waals surface area contributed by atoms with E-state index in [1.807, 2.05) is 30.3 Å². The number of thioether (sulfide) groups is 1. The monoisotopic (exact) mass is 376 g/mol. The Morgan fingerprint density at radius 2 is 2.08 bits per heavy atom. The molecule has 0 aliphatic carbocycles. The standard InChI is InChI=1S/C17H16N2O4S2/c20-14-13-12(16(21)22)10-25-15(13)19-17(18-14)24-9-5-4-8-23-11-6-2-1-3-7-11/h1-3,6-7,10H,4-5,8-9H2,(H,21,22)(H,18,19,20). The maximum absolute atomic E-state index is 12.1. The average Bonchev–Trinajstić information content (AvgIpc) is 3.04. The number of H-pyrrole nitrogens is 1. The van der Waals surface area contributed by atoms with Crippen molar-refractivity contribution in [3.8, 4) is 5.75 Å². The summed E-state index contributed by atoms with van der Waals surface area (Å²) in [7, 11) is 0. The molecule has 3 aromatic rings. The maximum atomic E-state index is 12.1. The molecule has 130 valence electrons. The van der Waals surface area contributed by atoms with Gasteiger partial charge in [0.1, 0.15) is 10.6 Å². The Bertz CT molecular complexity index is 921. The van der Waals surface area contributed by atoms with Crippen molar-refractivity contribution in [2.24, 2.45) is 0 Å². The SMILES string of the molecule is O=C(O)c1csc2nc(SCCCCOc3ccccc3)[nH]c(=O)c12. The minimum Gasteiger partial charge on any atom is -0.494 e. The van der Waals surface area contributed by atoms with E-state index in [1.165, 1.54) is 28.5 Å². The lowest BCUT2D eigenvalue weighted by molar-refractivity contribution is 0.0699. The van der Waals surface area contributed by atoms with Crippen molar-refractivity contribution >= 4 is 39.3 Å². The Balaban J connectivity index is 1.50. The van der Waals surface area contributed by atoms with E-state index in [0.29, 0.717) is 16.6 Å². The molecule has 0 saturated carbocycles. The second-order valence-electron chi connectivity index (χ2n) is 5.22. The second-order valence-corrected chi connectivity index (χ2v) is 7.16. The molecular weight excluding hydrogens is 360 g/mol. The highest BCUT2D eigenvalue weighted by atomic mass is 32.2. The third kappa shape index (κ3) is 4.40. The zero-order chi connectivity index (χ0) is 17.6. The number of aromatic amines is 1. The van der Waals surface area contributed by atoms with Crippen LogP contribution in [-0.2, 0) is 0 Å². The Morgan fingerprint density at radius 3 is 2.84 bits per heavy atom. The minimum atomic E-state index is -1.11. The van der Waals surface area contributed by atoms with Crippen molar-refractivity contribution in [2.45, 2.75) is 18.0 Å². The van der Waals surface area contributed by atoms with Crippen LogP contribution in [0.2, 0.25) is 0 Å². The molecule has 1 aromatic carbocycles. The number of rotatable bonds is 8. The van der Waals surface area contributed by atoms with Crippen molar-refractivity contribution < 1.29 is 14.6 Å². The van der Waals surface area contributed by atoms with Gasteiger partial charge in [-0.25, -0.2) is 9.78 Å². The third-order valence-electron chi connectivity index (χ3n) is 3.44. The normalized spacial score (nSPS) is 10.9. The highest BCUT2D eigenvalue weighted by molar-refractivity contribution is 7.99. The molecule has 0 atom stereocenters. The van der Waals surface area contributed by atoms with Crippen LogP contribution in [0.5, 0.6) is 5.75 Å². The van der Waals surface area contributed by atoms with Gasteiger partial charge in [-0.05, 0) is 25.0 Å². The molecule has 0 spiro atoms. The number of nitrogens with zero attached hydrogens (tertiary/aromatic N) is 1. The lowest BCUT2D eigenvalue weighted by atomic mass is 10.2. The fourth-order valence-corrected chi connectivity index (χ4v) is 4.07. The zero-order valence-corrected chi connectivity index (χ0v) is 14.9. The number of benzene rings is 1. The number of unbranched alkanes of at least 4 members (excludes halogenated alkanes) is 1. The Morgan fingerprint density at radius 1 is 1.28 bits per heavy atom. The van der Waals surface area contributed by atoms with Crippen LogP contribution in [0.15, 0.2) is 45.7 Å². The molecule has 0 bridgehead atoms. The summed E-state index contributed by atoms with van der Waals surface area (Å²) < 4.78 is 5.62. The van der Waals surface area contributed by atoms with Crippen LogP contribution in [-0.4, -0.2) is 33.4 Å². The summed E-state index contributed by atoms with van der Waals surface area (Å²) in [5.41, 5.74) is -0.401. The Kier molecular flexibility index (Phi) is 5.72. The first-order valence-corrected chi connectivity index (χ1v) is 9.57. The lowest BCUT2D eigenvalue weighted by Gasteiger charge is -2.05. The van der Waals surface area contributed by atoms with E-state index in [2.05, 4.69) is 9.97 Å². The number of fused-ring (bicyclic) bond motifs is 1. The highest BCUT2D eigenvalue weighted by Crippen LogP contribution is 2.23. The van der Waals surface area contributed by atoms with E-state index >= 15 is 0 Å². The van der Waals surface area contributed by atoms with E-state index in [4.69, 9.17) is 9.84 Å². The van der Waals surface area contributed by atoms with Crippen molar-refractivity contribution in [3.63, 3.8) is 0 Å². The zero-order valence-electron chi connectivity index (χ0n) is 13.2. The van der Waals surface area contributed by atoms with E-state index in [9.17, 15) is 9.59 Å². The molecule has 0 aliphatic rings. The van der Waals surface area contributed by atoms with Crippen LogP contribution < -0.4 is 10.3 Å². The third-order valence-corrected chi connectivity index (χ3v) is 5.27. The lowest BCUT2D eigenvalue weighted by Crippen LogP contribution is -2.11. The number of para-hydroxylation sites is 1. The summed E-state index contributed by atoms with van der Waals surface area (Å²) in [5, 5.41) is 11.2. The molecule has 0 radical (unpaired) electrons. The van der Waals surface area contributed by atoms with Gasteiger partial charge in [-0.3, -0.25) is 4.79 Å². The highest BCUT2D eigenvalue weighted by Gasteiger charge is 2.16. The number of ether oxygens (including phenoxy) is 1. The van der Waals surface area contributed by atoms with Gasteiger partial charge in [0.25, 0.3) is 5.56 Å². The number of thiophene rings is 1. The van der Waals surface area contributed by atoms with Crippen LogP contribution in [0.4, 0.5) is 0 Å². The summed E-state index contributed by atoms with van der Waals surface area (Å²) >= 11 is 2.62. The van der Waals surface area contributed by atoms with Gasteiger partial charge in [-0.1, -0.05) is 30.0 Å². The number of hydrogen-bond donors (Lipinski definition) is 2. The van der Waals surface area contributed by atoms with Gasteiger partial charge in [0.05, 0.1) is 17.6 Å². The van der Waals surface area contributed by atoms with E-state index in [1.54, 1.807) is 0 Å².